The first-order valence-electron chi connectivity index (χ1n) is 8.75. The van der Waals surface area contributed by atoms with Gasteiger partial charge in [0.25, 0.3) is 0 Å². The van der Waals surface area contributed by atoms with Crippen LogP contribution in [0.4, 0.5) is 4.79 Å². The molecular formula is C20H29NO4. The molecule has 0 spiro atoms. The Morgan fingerprint density at radius 2 is 1.64 bits per heavy atom. The first-order valence-corrected chi connectivity index (χ1v) is 8.75. The quantitative estimate of drug-likeness (QED) is 0.900. The van der Waals surface area contributed by atoms with Crippen LogP contribution < -0.4 is 0 Å². The summed E-state index contributed by atoms with van der Waals surface area (Å²) < 4.78 is 4.82. The van der Waals surface area contributed by atoms with Crippen molar-refractivity contribution in [1.29, 1.82) is 0 Å². The van der Waals surface area contributed by atoms with Gasteiger partial charge in [-0.05, 0) is 33.9 Å². The van der Waals surface area contributed by atoms with Crippen molar-refractivity contribution in [3.05, 3.63) is 28.8 Å². The second-order valence-corrected chi connectivity index (χ2v) is 8.70. The molecule has 1 saturated heterocycles. The molecule has 2 amide bonds. The molecule has 0 saturated carbocycles. The van der Waals surface area contributed by atoms with Gasteiger partial charge in [0.1, 0.15) is 12.4 Å². The van der Waals surface area contributed by atoms with Crippen LogP contribution in [0.15, 0.2) is 12.1 Å². The van der Waals surface area contributed by atoms with Gasteiger partial charge in [0.15, 0.2) is 0 Å². The van der Waals surface area contributed by atoms with Gasteiger partial charge in [0.2, 0.25) is 5.91 Å². The van der Waals surface area contributed by atoms with E-state index < -0.39 is 6.09 Å². The number of ether oxygens (including phenoxy) is 1. The highest BCUT2D eigenvalue weighted by atomic mass is 16.6. The number of nitrogens with zero attached hydrogens (tertiary/aromatic N) is 1. The van der Waals surface area contributed by atoms with Crippen molar-refractivity contribution in [2.24, 2.45) is 0 Å². The van der Waals surface area contributed by atoms with Crippen LogP contribution in [0.5, 0.6) is 5.75 Å². The topological polar surface area (TPSA) is 66.8 Å². The lowest BCUT2D eigenvalue weighted by Crippen LogP contribution is -2.31. The van der Waals surface area contributed by atoms with Crippen molar-refractivity contribution in [1.82, 2.24) is 4.90 Å². The van der Waals surface area contributed by atoms with E-state index in [-0.39, 0.29) is 29.8 Å². The van der Waals surface area contributed by atoms with E-state index >= 15 is 0 Å². The summed E-state index contributed by atoms with van der Waals surface area (Å²) in [5, 5.41) is 10.7. The Hall–Kier alpha value is -2.04. The number of amides is 2. The fraction of sp³-hybridized carbons (Fsp3) is 0.600. The Labute approximate surface area is 150 Å². The number of benzene rings is 1. The predicted molar refractivity (Wildman–Crippen MR) is 96.9 cm³/mol. The van der Waals surface area contributed by atoms with Crippen LogP contribution in [-0.2, 0) is 26.8 Å². The molecule has 0 atom stereocenters. The number of hydrogen-bond acceptors (Lipinski definition) is 4. The Morgan fingerprint density at radius 1 is 1.12 bits per heavy atom. The molecule has 0 unspecified atom stereocenters. The van der Waals surface area contributed by atoms with Gasteiger partial charge in [-0.2, -0.15) is 0 Å². The number of hydrogen-bond donors (Lipinski definition) is 1. The highest BCUT2D eigenvalue weighted by Crippen LogP contribution is 2.40. The van der Waals surface area contributed by atoms with Crippen molar-refractivity contribution in [2.45, 2.75) is 65.2 Å². The number of rotatable bonds is 3. The normalized spacial score (nSPS) is 15.4. The third-order valence-electron chi connectivity index (χ3n) is 4.48. The number of imide groups is 1. The summed E-state index contributed by atoms with van der Waals surface area (Å²) in [6.45, 7) is 13.0. The molecule has 1 fully saturated rings. The fourth-order valence-corrected chi connectivity index (χ4v) is 2.99. The van der Waals surface area contributed by atoms with E-state index in [0.717, 1.165) is 21.6 Å². The molecule has 1 aliphatic heterocycles. The Balaban J connectivity index is 2.28. The van der Waals surface area contributed by atoms with E-state index in [4.69, 9.17) is 4.74 Å². The standard InChI is InChI=1S/C20H29NO4/c1-19(2,3)14-11-13(12-15(17(14)23)20(4,5)6)7-8-16(22)21-9-10-25-18(21)24/h11-12,23H,7-10H2,1-6H3. The van der Waals surface area contributed by atoms with Gasteiger partial charge >= 0.3 is 6.09 Å². The summed E-state index contributed by atoms with van der Waals surface area (Å²) in [5.74, 6) is 0.114. The van der Waals surface area contributed by atoms with Crippen LogP contribution in [0.3, 0.4) is 0 Å². The third-order valence-corrected chi connectivity index (χ3v) is 4.48. The fourth-order valence-electron chi connectivity index (χ4n) is 2.99. The Bertz CT molecular complexity index is 645. The van der Waals surface area contributed by atoms with E-state index in [9.17, 15) is 14.7 Å². The number of phenolic OH excluding ortho intramolecular Hbond substituents is 1. The summed E-state index contributed by atoms with van der Waals surface area (Å²) in [4.78, 5) is 24.9. The maximum absolute atomic E-state index is 12.2. The summed E-state index contributed by atoms with van der Waals surface area (Å²) >= 11 is 0. The van der Waals surface area contributed by atoms with Crippen molar-refractivity contribution in [2.75, 3.05) is 13.2 Å². The minimum atomic E-state index is -0.554. The number of carbonyl (C=O) groups is 2. The Morgan fingerprint density at radius 3 is 2.04 bits per heavy atom. The van der Waals surface area contributed by atoms with Gasteiger partial charge in [-0.25, -0.2) is 9.69 Å². The summed E-state index contributed by atoms with van der Waals surface area (Å²) in [6, 6.07) is 3.94. The smallest absolute Gasteiger partial charge is 0.416 e. The lowest BCUT2D eigenvalue weighted by atomic mass is 9.78. The maximum atomic E-state index is 12.2. The molecule has 138 valence electrons. The first-order chi connectivity index (χ1) is 11.4. The molecule has 0 radical (unpaired) electrons. The lowest BCUT2D eigenvalue weighted by molar-refractivity contribution is -0.127. The molecule has 1 heterocycles. The zero-order chi connectivity index (χ0) is 19.0. The van der Waals surface area contributed by atoms with Crippen LogP contribution in [-0.4, -0.2) is 35.2 Å². The number of carbonyl (C=O) groups excluding carboxylic acids is 2. The molecular weight excluding hydrogens is 318 g/mol. The zero-order valence-corrected chi connectivity index (χ0v) is 16.1. The second-order valence-electron chi connectivity index (χ2n) is 8.70. The minimum Gasteiger partial charge on any atom is -0.507 e. The van der Waals surface area contributed by atoms with E-state index in [0.29, 0.717) is 18.7 Å². The number of aryl methyl sites for hydroxylation is 1. The zero-order valence-electron chi connectivity index (χ0n) is 16.1. The largest absolute Gasteiger partial charge is 0.507 e. The van der Waals surface area contributed by atoms with Gasteiger partial charge < -0.3 is 9.84 Å². The average molecular weight is 347 g/mol. The van der Waals surface area contributed by atoms with Crippen molar-refractivity contribution in [3.63, 3.8) is 0 Å². The third kappa shape index (κ3) is 4.33. The van der Waals surface area contributed by atoms with Gasteiger partial charge in [0.05, 0.1) is 6.54 Å². The van der Waals surface area contributed by atoms with Crippen molar-refractivity contribution < 1.29 is 19.4 Å². The summed E-state index contributed by atoms with van der Waals surface area (Å²) in [7, 11) is 0. The molecule has 1 aromatic rings. The molecule has 1 aliphatic rings. The second kappa shape index (κ2) is 6.70. The highest BCUT2D eigenvalue weighted by molar-refractivity contribution is 5.93. The molecule has 5 heteroatoms. The van der Waals surface area contributed by atoms with E-state index in [1.807, 2.05) is 12.1 Å². The number of cyclic esters (lactones) is 1. The molecule has 0 aliphatic carbocycles. The van der Waals surface area contributed by atoms with E-state index in [2.05, 4.69) is 41.5 Å². The Kier molecular flexibility index (Phi) is 5.17. The van der Waals surface area contributed by atoms with E-state index in [1.54, 1.807) is 0 Å². The monoisotopic (exact) mass is 347 g/mol. The molecule has 1 aromatic carbocycles. The molecule has 1 N–H and O–H groups in total. The van der Waals surface area contributed by atoms with Crippen LogP contribution in [0.1, 0.15) is 64.7 Å². The highest BCUT2D eigenvalue weighted by Gasteiger charge is 2.29. The van der Waals surface area contributed by atoms with E-state index in [1.165, 1.54) is 0 Å². The lowest BCUT2D eigenvalue weighted by Gasteiger charge is -2.28. The van der Waals surface area contributed by atoms with Crippen LogP contribution >= 0.6 is 0 Å². The molecule has 5 nitrogen and oxygen atoms in total. The molecule has 0 bridgehead atoms. The van der Waals surface area contributed by atoms with Gasteiger partial charge in [-0.1, -0.05) is 53.7 Å². The van der Waals surface area contributed by atoms with Gasteiger partial charge in [-0.15, -0.1) is 0 Å². The van der Waals surface area contributed by atoms with Crippen LogP contribution in [0.2, 0.25) is 0 Å². The number of phenols is 1. The van der Waals surface area contributed by atoms with Crippen LogP contribution in [0.25, 0.3) is 0 Å². The molecule has 2 rings (SSSR count). The number of aromatic hydroxyl groups is 1. The van der Waals surface area contributed by atoms with Gasteiger partial charge in [0, 0.05) is 6.42 Å². The SMILES string of the molecule is CC(C)(C)c1cc(CCC(=O)N2CCOC2=O)cc(C(C)(C)C)c1O. The first kappa shape index (κ1) is 19.3. The van der Waals surface area contributed by atoms with Crippen molar-refractivity contribution in [3.8, 4) is 5.75 Å². The summed E-state index contributed by atoms with van der Waals surface area (Å²) in [5.41, 5.74) is 2.34. The van der Waals surface area contributed by atoms with Crippen molar-refractivity contribution >= 4 is 12.0 Å². The predicted octanol–water partition coefficient (Wildman–Crippen LogP) is 3.90. The van der Waals surface area contributed by atoms with Gasteiger partial charge in [-0.3, -0.25) is 4.79 Å². The summed E-state index contributed by atoms with van der Waals surface area (Å²) in [6.07, 6.45) is 0.212. The molecule has 0 aromatic heterocycles. The minimum absolute atomic E-state index is 0.205. The van der Waals surface area contributed by atoms with Crippen LogP contribution in [0, 0.1) is 0 Å². The maximum Gasteiger partial charge on any atom is 0.416 e. The molecule has 25 heavy (non-hydrogen) atoms. The average Bonchev–Trinajstić information content (AvgIpc) is 2.89.